The molecule has 15 nitrogen and oxygen atoms in total. The monoisotopic (exact) mass is 733 g/mol. The van der Waals surface area contributed by atoms with E-state index in [1.807, 2.05) is 28.0 Å². The first-order valence-corrected chi connectivity index (χ1v) is 18.6. The number of benzene rings is 3. The maximum absolute atomic E-state index is 15.6. The molecule has 3 aromatic carbocycles. The van der Waals surface area contributed by atoms with Crippen molar-refractivity contribution in [3.63, 3.8) is 0 Å². The minimum absolute atomic E-state index is 0.0733. The molecule has 2 atom stereocenters. The van der Waals surface area contributed by atoms with E-state index in [0.29, 0.717) is 53.3 Å². The highest BCUT2D eigenvalue weighted by Gasteiger charge is 2.39. The highest BCUT2D eigenvalue weighted by molar-refractivity contribution is 7.92. The molecule has 1 aromatic heterocycles. The summed E-state index contributed by atoms with van der Waals surface area (Å²) in [7, 11) is -2.65. The van der Waals surface area contributed by atoms with Crippen molar-refractivity contribution in [2.75, 3.05) is 41.9 Å². The molecule has 8 rings (SSSR count). The third-order valence-electron chi connectivity index (χ3n) is 10.9. The molecule has 0 spiro atoms. The van der Waals surface area contributed by atoms with Crippen molar-refractivity contribution >= 4 is 67.0 Å². The quantitative estimate of drug-likeness (QED) is 0.257. The molecule has 1 unspecified atom stereocenters. The van der Waals surface area contributed by atoms with Crippen LogP contribution in [-0.4, -0.2) is 83.9 Å². The number of nitrogens with one attached hydrogen (secondary N) is 2. The molecule has 0 saturated carbocycles. The van der Waals surface area contributed by atoms with Crippen molar-refractivity contribution in [2.24, 2.45) is 13.0 Å². The van der Waals surface area contributed by atoms with E-state index in [4.69, 9.17) is 0 Å². The lowest BCUT2D eigenvalue weighted by Gasteiger charge is -2.34. The number of imidazole rings is 1. The summed E-state index contributed by atoms with van der Waals surface area (Å²) in [6.07, 6.45) is 2.57. The van der Waals surface area contributed by atoms with Crippen LogP contribution < -0.4 is 24.9 Å². The molecule has 52 heavy (non-hydrogen) atoms. The fourth-order valence-electron chi connectivity index (χ4n) is 8.16. The first-order chi connectivity index (χ1) is 24.8. The van der Waals surface area contributed by atoms with Gasteiger partial charge in [-0.05, 0) is 78.9 Å². The standard InChI is InChI=1S/C35H36FN7O8S/c1-39-27-15-20(2-5-25(27)43(35(39)49)26-6-7-29(45)37-33(26)47)19-8-11-40(12-9-19)34(48)21-10-13-41(17-21)23-3-4-24-22(14-23)16-28(44)32(31(24)36)42-18-30(46)38-52(42,50)51/h2-5,14-16,19,21,26,44H,6-13,17-18H2,1H3,(H,38,46)(H,37,45,47)/t21-,26?/m0/s1. The first kappa shape index (κ1) is 33.7. The van der Waals surface area contributed by atoms with Gasteiger partial charge in [0.05, 0.1) is 17.0 Å². The SMILES string of the molecule is Cn1c(=O)n(C2CCC(=O)NC2=O)c2ccc(C3CCN(C(=O)[C@H]4CCN(c5ccc6c(F)c(N7CC(=O)NS7(=O)=O)c(O)cc6c5)C4)CC3)cc21. The molecule has 5 heterocycles. The topological polar surface area (TPSA) is 183 Å². The molecule has 0 bridgehead atoms. The minimum Gasteiger partial charge on any atom is -0.506 e. The Morgan fingerprint density at radius 3 is 2.40 bits per heavy atom. The number of fused-ring (bicyclic) bond motifs is 2. The number of halogens is 1. The molecule has 0 aliphatic carbocycles. The number of carbonyl (C=O) groups excluding carboxylic acids is 4. The number of phenolic OH excluding ortho intramolecular Hbond substituents is 1. The second kappa shape index (κ2) is 12.4. The van der Waals surface area contributed by atoms with E-state index in [-0.39, 0.29) is 47.6 Å². The predicted octanol–water partition coefficient (Wildman–Crippen LogP) is 1.73. The second-order valence-corrected chi connectivity index (χ2v) is 15.6. The summed E-state index contributed by atoms with van der Waals surface area (Å²) in [5.74, 6) is -3.21. The molecule has 17 heteroatoms. The van der Waals surface area contributed by atoms with Gasteiger partial charge in [-0.25, -0.2) is 18.2 Å². The van der Waals surface area contributed by atoms with Gasteiger partial charge >= 0.3 is 15.9 Å². The van der Waals surface area contributed by atoms with Gasteiger partial charge in [-0.2, -0.15) is 8.42 Å². The largest absolute Gasteiger partial charge is 0.506 e. The van der Waals surface area contributed by atoms with Gasteiger partial charge in [0.25, 0.3) is 5.91 Å². The van der Waals surface area contributed by atoms with Gasteiger partial charge in [-0.15, -0.1) is 0 Å². The van der Waals surface area contributed by atoms with Crippen LogP contribution in [0.2, 0.25) is 0 Å². The van der Waals surface area contributed by atoms with Crippen molar-refractivity contribution in [3.05, 3.63) is 64.3 Å². The number of piperidine rings is 2. The zero-order valence-electron chi connectivity index (χ0n) is 28.2. The zero-order valence-corrected chi connectivity index (χ0v) is 29.0. The number of aryl methyl sites for hydroxylation is 1. The van der Waals surface area contributed by atoms with Crippen LogP contribution in [0.4, 0.5) is 15.8 Å². The summed E-state index contributed by atoms with van der Waals surface area (Å²) in [6.45, 7) is 1.59. The first-order valence-electron chi connectivity index (χ1n) is 17.2. The molecular weight excluding hydrogens is 697 g/mol. The number of aromatic hydroxyl groups is 1. The molecule has 3 N–H and O–H groups in total. The second-order valence-electron chi connectivity index (χ2n) is 14.0. The minimum atomic E-state index is -4.32. The molecule has 4 fully saturated rings. The third kappa shape index (κ3) is 5.54. The number of anilines is 2. The van der Waals surface area contributed by atoms with Crippen LogP contribution in [0, 0.1) is 11.7 Å². The molecule has 4 aromatic rings. The lowest BCUT2D eigenvalue weighted by molar-refractivity contribution is -0.136. The summed E-state index contributed by atoms with van der Waals surface area (Å²) in [6, 6.07) is 11.2. The number of hydrogen-bond acceptors (Lipinski definition) is 9. The Morgan fingerprint density at radius 1 is 0.923 bits per heavy atom. The Labute approximate surface area is 296 Å². The van der Waals surface area contributed by atoms with E-state index in [9.17, 15) is 37.5 Å². The molecule has 4 aliphatic rings. The molecule has 272 valence electrons. The fraction of sp³-hybridized carbons (Fsp3) is 0.400. The van der Waals surface area contributed by atoms with E-state index in [1.165, 1.54) is 21.3 Å². The van der Waals surface area contributed by atoms with Crippen LogP contribution in [0.15, 0.2) is 47.3 Å². The van der Waals surface area contributed by atoms with E-state index < -0.39 is 51.9 Å². The Balaban J connectivity index is 0.925. The van der Waals surface area contributed by atoms with Crippen LogP contribution in [0.5, 0.6) is 5.75 Å². The number of phenols is 1. The van der Waals surface area contributed by atoms with Crippen LogP contribution in [0.3, 0.4) is 0 Å². The van der Waals surface area contributed by atoms with Crippen LogP contribution in [-0.2, 0) is 36.4 Å². The summed E-state index contributed by atoms with van der Waals surface area (Å²) in [4.78, 5) is 66.7. The summed E-state index contributed by atoms with van der Waals surface area (Å²) >= 11 is 0. The van der Waals surface area contributed by atoms with Gasteiger partial charge in [0, 0.05) is 50.7 Å². The molecular formula is C35H36FN7O8S. The van der Waals surface area contributed by atoms with Gasteiger partial charge in [0.1, 0.15) is 24.0 Å². The van der Waals surface area contributed by atoms with Gasteiger partial charge in [-0.3, -0.25) is 33.6 Å². The Morgan fingerprint density at radius 2 is 1.69 bits per heavy atom. The molecule has 4 aliphatic heterocycles. The van der Waals surface area contributed by atoms with E-state index in [2.05, 4.69) is 5.32 Å². The van der Waals surface area contributed by atoms with Crippen molar-refractivity contribution in [2.45, 2.75) is 44.1 Å². The summed E-state index contributed by atoms with van der Waals surface area (Å²) in [5, 5.41) is 13.4. The molecule has 4 saturated heterocycles. The molecule has 4 amide bonds. The Bertz CT molecular complexity index is 2380. The van der Waals surface area contributed by atoms with E-state index in [0.717, 1.165) is 24.1 Å². The van der Waals surface area contributed by atoms with Crippen molar-refractivity contribution < 1.29 is 37.1 Å². The number of hydrogen-bond donors (Lipinski definition) is 3. The zero-order chi connectivity index (χ0) is 36.6. The number of carbonyl (C=O) groups is 4. The predicted molar refractivity (Wildman–Crippen MR) is 187 cm³/mol. The van der Waals surface area contributed by atoms with Crippen molar-refractivity contribution in [3.8, 4) is 5.75 Å². The lowest BCUT2D eigenvalue weighted by atomic mass is 9.88. The number of amides is 4. The van der Waals surface area contributed by atoms with Crippen LogP contribution in [0.25, 0.3) is 21.8 Å². The van der Waals surface area contributed by atoms with E-state index >= 15 is 4.39 Å². The Kier molecular flexibility index (Phi) is 8.00. The van der Waals surface area contributed by atoms with Gasteiger partial charge in [-0.1, -0.05) is 6.07 Å². The number of imide groups is 1. The maximum Gasteiger partial charge on any atom is 0.329 e. The van der Waals surface area contributed by atoms with Gasteiger partial charge in [0.15, 0.2) is 5.82 Å². The number of aromatic nitrogens is 2. The maximum atomic E-state index is 15.6. The number of likely N-dealkylation sites (tertiary alicyclic amines) is 1. The molecule has 0 radical (unpaired) electrons. The van der Waals surface area contributed by atoms with Crippen LogP contribution in [0.1, 0.15) is 49.6 Å². The van der Waals surface area contributed by atoms with E-state index in [1.54, 1.807) is 23.9 Å². The highest BCUT2D eigenvalue weighted by atomic mass is 32.2. The smallest absolute Gasteiger partial charge is 0.329 e. The third-order valence-corrected chi connectivity index (χ3v) is 12.3. The highest BCUT2D eigenvalue weighted by Crippen LogP contribution is 2.40. The Hall–Kier alpha value is -5.45. The van der Waals surface area contributed by atoms with Crippen LogP contribution >= 0.6 is 0 Å². The average molecular weight is 734 g/mol. The number of nitrogens with zero attached hydrogens (tertiary/aromatic N) is 5. The normalized spacial score (nSPS) is 22.4. The van der Waals surface area contributed by atoms with Crippen molar-refractivity contribution in [1.29, 1.82) is 0 Å². The fourth-order valence-corrected chi connectivity index (χ4v) is 9.32. The van der Waals surface area contributed by atoms with Gasteiger partial charge in [0.2, 0.25) is 17.7 Å². The van der Waals surface area contributed by atoms with Crippen molar-refractivity contribution in [1.82, 2.24) is 24.1 Å². The number of rotatable bonds is 5. The summed E-state index contributed by atoms with van der Waals surface area (Å²) < 4.78 is 45.4. The summed E-state index contributed by atoms with van der Waals surface area (Å²) in [5.41, 5.74) is 2.22. The lowest BCUT2D eigenvalue weighted by Crippen LogP contribution is -2.44. The van der Waals surface area contributed by atoms with Gasteiger partial charge < -0.3 is 14.9 Å². The average Bonchev–Trinajstić information content (AvgIpc) is 3.78.